The van der Waals surface area contributed by atoms with Crippen LogP contribution >= 0.6 is 0 Å². The molecule has 3 N–H and O–H groups in total. The molecule has 0 saturated heterocycles. The third kappa shape index (κ3) is 3.35. The molecule has 1 aliphatic rings. The molecule has 98 valence electrons. The molecule has 6 heteroatoms. The maximum absolute atomic E-state index is 10.5. The van der Waals surface area contributed by atoms with Gasteiger partial charge in [0, 0.05) is 18.5 Å². The third-order valence-electron chi connectivity index (χ3n) is 2.43. The van der Waals surface area contributed by atoms with E-state index in [1.807, 2.05) is 18.2 Å². The predicted molar refractivity (Wildman–Crippen MR) is 64.0 cm³/mol. The van der Waals surface area contributed by atoms with Crippen molar-refractivity contribution in [1.29, 1.82) is 0 Å². The second-order valence-corrected chi connectivity index (χ2v) is 3.87. The highest BCUT2D eigenvalue weighted by atomic mass is 16.6. The number of primary amides is 1. The van der Waals surface area contributed by atoms with Crippen molar-refractivity contribution in [3.05, 3.63) is 23.8 Å². The zero-order valence-electron chi connectivity index (χ0n) is 9.98. The number of nitrogens with two attached hydrogens (primary N) is 1. The molecule has 18 heavy (non-hydrogen) atoms. The molecule has 0 fully saturated rings. The van der Waals surface area contributed by atoms with Gasteiger partial charge in [0.1, 0.15) is 6.61 Å². The molecule has 0 bridgehead atoms. The lowest BCUT2D eigenvalue weighted by atomic mass is 10.2. The Kier molecular flexibility index (Phi) is 4.38. The standard InChI is InChI=1S/C12H16N2O4/c13-11(15)8-18-14-7-9-3-1-4-10-12(9)17-6-2-5-16-10/h1,3-4,14H,2,5-8H2,(H2,13,15). The highest BCUT2D eigenvalue weighted by Gasteiger charge is 2.14. The number of hydrogen-bond acceptors (Lipinski definition) is 5. The fourth-order valence-corrected chi connectivity index (χ4v) is 1.64. The minimum Gasteiger partial charge on any atom is -0.490 e. The maximum atomic E-state index is 10.5. The monoisotopic (exact) mass is 252 g/mol. The Bertz CT molecular complexity index is 423. The van der Waals surface area contributed by atoms with Crippen molar-refractivity contribution in [2.75, 3.05) is 19.8 Å². The van der Waals surface area contributed by atoms with Crippen LogP contribution in [0.4, 0.5) is 0 Å². The Morgan fingerprint density at radius 2 is 2.22 bits per heavy atom. The Balaban J connectivity index is 1.97. The number of para-hydroxylation sites is 1. The van der Waals surface area contributed by atoms with E-state index in [4.69, 9.17) is 20.0 Å². The lowest BCUT2D eigenvalue weighted by molar-refractivity contribution is -0.125. The van der Waals surface area contributed by atoms with Gasteiger partial charge >= 0.3 is 0 Å². The quantitative estimate of drug-likeness (QED) is 0.584. The molecule has 1 amide bonds. The van der Waals surface area contributed by atoms with Crippen LogP contribution in [0.5, 0.6) is 11.5 Å². The van der Waals surface area contributed by atoms with Gasteiger partial charge in [-0.05, 0) is 6.07 Å². The summed E-state index contributed by atoms with van der Waals surface area (Å²) in [6, 6.07) is 5.67. The van der Waals surface area contributed by atoms with Crippen LogP contribution < -0.4 is 20.7 Å². The van der Waals surface area contributed by atoms with Crippen LogP contribution in [0.2, 0.25) is 0 Å². The molecular weight excluding hydrogens is 236 g/mol. The van der Waals surface area contributed by atoms with Crippen LogP contribution in [0.15, 0.2) is 18.2 Å². The van der Waals surface area contributed by atoms with E-state index in [2.05, 4.69) is 5.48 Å². The second kappa shape index (κ2) is 6.23. The van der Waals surface area contributed by atoms with E-state index in [1.165, 1.54) is 0 Å². The van der Waals surface area contributed by atoms with Gasteiger partial charge in [0.15, 0.2) is 11.5 Å². The average molecular weight is 252 g/mol. The SMILES string of the molecule is NC(=O)CONCc1cccc2c1OCCCO2. The molecule has 6 nitrogen and oxygen atoms in total. The fraction of sp³-hybridized carbons (Fsp3) is 0.417. The van der Waals surface area contributed by atoms with Crippen molar-refractivity contribution in [3.63, 3.8) is 0 Å². The van der Waals surface area contributed by atoms with Crippen molar-refractivity contribution < 1.29 is 19.1 Å². The molecule has 1 aromatic rings. The molecule has 1 heterocycles. The largest absolute Gasteiger partial charge is 0.490 e. The lowest BCUT2D eigenvalue weighted by Gasteiger charge is -2.12. The first-order chi connectivity index (χ1) is 8.77. The summed E-state index contributed by atoms with van der Waals surface area (Å²) in [6.07, 6.45) is 0.861. The van der Waals surface area contributed by atoms with E-state index < -0.39 is 5.91 Å². The summed E-state index contributed by atoms with van der Waals surface area (Å²) in [5.41, 5.74) is 8.54. The van der Waals surface area contributed by atoms with Gasteiger partial charge in [0.2, 0.25) is 5.91 Å². The Labute approximate surface area is 105 Å². The minimum absolute atomic E-state index is 0.160. The number of hydrogen-bond donors (Lipinski definition) is 2. The zero-order chi connectivity index (χ0) is 12.8. The number of hydroxylamine groups is 1. The summed E-state index contributed by atoms with van der Waals surface area (Å²) < 4.78 is 11.2. The van der Waals surface area contributed by atoms with Gasteiger partial charge in [0.25, 0.3) is 0 Å². The van der Waals surface area contributed by atoms with E-state index in [0.717, 1.165) is 23.5 Å². The third-order valence-corrected chi connectivity index (χ3v) is 2.43. The van der Waals surface area contributed by atoms with Crippen LogP contribution in [0, 0.1) is 0 Å². The molecule has 0 unspecified atom stereocenters. The van der Waals surface area contributed by atoms with Crippen molar-refractivity contribution in [2.45, 2.75) is 13.0 Å². The summed E-state index contributed by atoms with van der Waals surface area (Å²) in [6.45, 7) is 1.54. The van der Waals surface area contributed by atoms with Crippen LogP contribution in [-0.2, 0) is 16.2 Å². The van der Waals surface area contributed by atoms with Gasteiger partial charge in [-0.3, -0.25) is 9.63 Å². The topological polar surface area (TPSA) is 82.8 Å². The number of fused-ring (bicyclic) bond motifs is 1. The van der Waals surface area contributed by atoms with E-state index in [0.29, 0.717) is 19.8 Å². The second-order valence-electron chi connectivity index (χ2n) is 3.87. The first-order valence-corrected chi connectivity index (χ1v) is 5.78. The number of benzene rings is 1. The summed E-state index contributed by atoms with van der Waals surface area (Å²) in [4.78, 5) is 15.4. The molecule has 0 spiro atoms. The Morgan fingerprint density at radius 3 is 3.06 bits per heavy atom. The molecule has 0 radical (unpaired) electrons. The summed E-state index contributed by atoms with van der Waals surface area (Å²) in [5.74, 6) is 0.945. The molecule has 0 aromatic heterocycles. The summed E-state index contributed by atoms with van der Waals surface area (Å²) in [5, 5.41) is 0. The van der Waals surface area contributed by atoms with E-state index >= 15 is 0 Å². The van der Waals surface area contributed by atoms with Crippen molar-refractivity contribution in [1.82, 2.24) is 5.48 Å². The lowest BCUT2D eigenvalue weighted by Crippen LogP contribution is -2.24. The highest BCUT2D eigenvalue weighted by molar-refractivity contribution is 5.74. The van der Waals surface area contributed by atoms with Crippen LogP contribution in [-0.4, -0.2) is 25.7 Å². The van der Waals surface area contributed by atoms with Crippen molar-refractivity contribution in [2.24, 2.45) is 5.73 Å². The van der Waals surface area contributed by atoms with E-state index in [9.17, 15) is 4.79 Å². The number of amides is 1. The number of carbonyl (C=O) groups excluding carboxylic acids is 1. The van der Waals surface area contributed by atoms with E-state index in [1.54, 1.807) is 0 Å². The Hall–Kier alpha value is -1.79. The molecule has 0 atom stereocenters. The van der Waals surface area contributed by atoms with Gasteiger partial charge in [-0.15, -0.1) is 0 Å². The molecule has 0 saturated carbocycles. The molecule has 1 aliphatic heterocycles. The smallest absolute Gasteiger partial charge is 0.245 e. The Morgan fingerprint density at radius 1 is 1.39 bits per heavy atom. The first-order valence-electron chi connectivity index (χ1n) is 5.78. The molecular formula is C12H16N2O4. The van der Waals surface area contributed by atoms with Crippen molar-refractivity contribution in [3.8, 4) is 11.5 Å². The van der Waals surface area contributed by atoms with Gasteiger partial charge < -0.3 is 15.2 Å². The van der Waals surface area contributed by atoms with Gasteiger partial charge in [-0.25, -0.2) is 0 Å². The van der Waals surface area contributed by atoms with Crippen LogP contribution in [0.3, 0.4) is 0 Å². The summed E-state index contributed by atoms with van der Waals surface area (Å²) >= 11 is 0. The number of ether oxygens (including phenoxy) is 2. The number of nitrogens with one attached hydrogen (secondary N) is 1. The van der Waals surface area contributed by atoms with Gasteiger partial charge in [0.05, 0.1) is 13.2 Å². The number of rotatable bonds is 5. The minimum atomic E-state index is -0.519. The number of carbonyl (C=O) groups is 1. The van der Waals surface area contributed by atoms with Crippen LogP contribution in [0.25, 0.3) is 0 Å². The van der Waals surface area contributed by atoms with Crippen LogP contribution in [0.1, 0.15) is 12.0 Å². The average Bonchev–Trinajstić information content (AvgIpc) is 2.60. The molecule has 1 aromatic carbocycles. The van der Waals surface area contributed by atoms with Gasteiger partial charge in [-0.1, -0.05) is 12.1 Å². The predicted octanol–water partition coefficient (Wildman–Crippen LogP) is 0.354. The van der Waals surface area contributed by atoms with E-state index in [-0.39, 0.29) is 6.61 Å². The summed E-state index contributed by atoms with van der Waals surface area (Å²) in [7, 11) is 0. The zero-order valence-corrected chi connectivity index (χ0v) is 9.98. The molecule has 0 aliphatic carbocycles. The highest BCUT2D eigenvalue weighted by Crippen LogP contribution is 2.32. The van der Waals surface area contributed by atoms with Crippen molar-refractivity contribution >= 4 is 5.91 Å². The fourth-order valence-electron chi connectivity index (χ4n) is 1.64. The first kappa shape index (κ1) is 12.7. The normalized spacial score (nSPS) is 14.0. The maximum Gasteiger partial charge on any atom is 0.245 e. The van der Waals surface area contributed by atoms with Gasteiger partial charge in [-0.2, -0.15) is 5.48 Å². The molecule has 2 rings (SSSR count).